The number of nitrogens with zero attached hydrogens (tertiary/aromatic N) is 1. The van der Waals surface area contributed by atoms with Gasteiger partial charge in [-0.1, -0.05) is 0 Å². The monoisotopic (exact) mass is 254 g/mol. The molecule has 2 heterocycles. The number of hydrogen-bond donors (Lipinski definition) is 1. The van der Waals surface area contributed by atoms with Gasteiger partial charge in [0.25, 0.3) is 5.56 Å². The Hall–Kier alpha value is -1.69. The van der Waals surface area contributed by atoms with Crippen molar-refractivity contribution in [2.45, 2.75) is 25.5 Å². The van der Waals surface area contributed by atoms with Crippen LogP contribution in [0.4, 0.5) is 4.39 Å². The molecule has 0 saturated carbocycles. The maximum atomic E-state index is 12.9. The molecule has 1 amide bonds. The molecule has 1 saturated heterocycles. The minimum Gasteiger partial charge on any atom is -0.376 e. The Morgan fingerprint density at radius 1 is 1.56 bits per heavy atom. The van der Waals surface area contributed by atoms with E-state index in [1.165, 1.54) is 0 Å². The number of carbonyl (C=O) groups excluding carboxylic acids is 1. The number of carbonyl (C=O) groups is 1. The average molecular weight is 254 g/mol. The van der Waals surface area contributed by atoms with Crippen molar-refractivity contribution in [1.82, 2.24) is 9.88 Å². The van der Waals surface area contributed by atoms with E-state index < -0.39 is 11.4 Å². The van der Waals surface area contributed by atoms with Crippen molar-refractivity contribution in [3.8, 4) is 0 Å². The first-order chi connectivity index (χ1) is 8.65. The molecule has 1 aliphatic heterocycles. The van der Waals surface area contributed by atoms with Crippen molar-refractivity contribution in [1.29, 1.82) is 0 Å². The predicted molar refractivity (Wildman–Crippen MR) is 62.6 cm³/mol. The van der Waals surface area contributed by atoms with Gasteiger partial charge in [0, 0.05) is 25.4 Å². The van der Waals surface area contributed by atoms with E-state index in [-0.39, 0.29) is 18.6 Å². The van der Waals surface area contributed by atoms with Crippen LogP contribution in [0.3, 0.4) is 0 Å². The van der Waals surface area contributed by atoms with E-state index in [2.05, 4.69) is 5.32 Å². The molecule has 1 aliphatic rings. The van der Waals surface area contributed by atoms with Crippen molar-refractivity contribution >= 4 is 5.91 Å². The number of hydrogen-bond acceptors (Lipinski definition) is 3. The summed E-state index contributed by atoms with van der Waals surface area (Å²) in [6, 6.07) is 2.17. The largest absolute Gasteiger partial charge is 0.376 e. The Balaban J connectivity index is 1.86. The molecule has 0 aromatic carbocycles. The molecule has 1 N–H and O–H groups in total. The molecule has 1 aromatic heterocycles. The topological polar surface area (TPSA) is 60.3 Å². The molecular formula is C12H15FN2O3. The van der Waals surface area contributed by atoms with E-state index in [4.69, 9.17) is 4.74 Å². The highest BCUT2D eigenvalue weighted by atomic mass is 19.1. The van der Waals surface area contributed by atoms with E-state index >= 15 is 0 Å². The number of rotatable bonds is 4. The van der Waals surface area contributed by atoms with Gasteiger partial charge in [0.2, 0.25) is 5.91 Å². The second-order valence-corrected chi connectivity index (χ2v) is 4.25. The van der Waals surface area contributed by atoms with Gasteiger partial charge in [0.15, 0.2) is 0 Å². The number of pyridine rings is 1. The van der Waals surface area contributed by atoms with E-state index in [1.807, 2.05) is 0 Å². The fraction of sp³-hybridized carbons (Fsp3) is 0.500. The summed E-state index contributed by atoms with van der Waals surface area (Å²) >= 11 is 0. The smallest absolute Gasteiger partial charge is 0.251 e. The third-order valence-corrected chi connectivity index (χ3v) is 2.81. The van der Waals surface area contributed by atoms with Crippen LogP contribution >= 0.6 is 0 Å². The molecule has 1 unspecified atom stereocenters. The Bertz CT molecular complexity index is 480. The van der Waals surface area contributed by atoms with Gasteiger partial charge in [-0.2, -0.15) is 0 Å². The van der Waals surface area contributed by atoms with Crippen LogP contribution in [0.15, 0.2) is 23.1 Å². The van der Waals surface area contributed by atoms with Crippen LogP contribution in [0, 0.1) is 5.82 Å². The molecule has 6 heteroatoms. The van der Waals surface area contributed by atoms with Crippen LogP contribution in [0.25, 0.3) is 0 Å². The highest BCUT2D eigenvalue weighted by molar-refractivity contribution is 5.75. The molecule has 2 rings (SSSR count). The highest BCUT2D eigenvalue weighted by Gasteiger charge is 2.16. The third-order valence-electron chi connectivity index (χ3n) is 2.81. The quantitative estimate of drug-likeness (QED) is 0.839. The Morgan fingerprint density at radius 2 is 2.39 bits per heavy atom. The summed E-state index contributed by atoms with van der Waals surface area (Å²) in [5, 5.41) is 2.67. The summed E-state index contributed by atoms with van der Waals surface area (Å²) < 4.78 is 19.3. The van der Waals surface area contributed by atoms with Crippen molar-refractivity contribution in [3.63, 3.8) is 0 Å². The predicted octanol–water partition coefficient (Wildman–Crippen LogP) is 0.283. The maximum absolute atomic E-state index is 12.9. The van der Waals surface area contributed by atoms with Crippen LogP contribution < -0.4 is 10.9 Å². The lowest BCUT2D eigenvalue weighted by Gasteiger charge is -2.11. The second-order valence-electron chi connectivity index (χ2n) is 4.25. The summed E-state index contributed by atoms with van der Waals surface area (Å²) in [7, 11) is 0. The van der Waals surface area contributed by atoms with Crippen LogP contribution in [0.2, 0.25) is 0 Å². The van der Waals surface area contributed by atoms with E-state index in [1.54, 1.807) is 0 Å². The number of halogens is 1. The molecule has 18 heavy (non-hydrogen) atoms. The van der Waals surface area contributed by atoms with Crippen LogP contribution in [-0.4, -0.2) is 29.7 Å². The first-order valence-corrected chi connectivity index (χ1v) is 5.89. The zero-order chi connectivity index (χ0) is 13.0. The second kappa shape index (κ2) is 5.77. The SMILES string of the molecule is O=C(Cn1cc(F)ccc1=O)NCC1CCCO1. The lowest BCUT2D eigenvalue weighted by molar-refractivity contribution is -0.122. The van der Waals surface area contributed by atoms with Crippen LogP contribution in [0.5, 0.6) is 0 Å². The molecule has 1 atom stereocenters. The van der Waals surface area contributed by atoms with Gasteiger partial charge in [0.05, 0.1) is 6.10 Å². The molecule has 0 bridgehead atoms. The number of amides is 1. The summed E-state index contributed by atoms with van der Waals surface area (Å²) in [5.41, 5.74) is -0.399. The minimum atomic E-state index is -0.540. The molecular weight excluding hydrogens is 239 g/mol. The van der Waals surface area contributed by atoms with Crippen molar-refractivity contribution in [3.05, 3.63) is 34.5 Å². The number of aromatic nitrogens is 1. The van der Waals surface area contributed by atoms with Crippen LogP contribution in [0.1, 0.15) is 12.8 Å². The minimum absolute atomic E-state index is 0.0539. The molecule has 0 radical (unpaired) electrons. The normalized spacial score (nSPS) is 18.8. The summed E-state index contributed by atoms with van der Waals surface area (Å²) in [6.45, 7) is 0.982. The summed E-state index contributed by atoms with van der Waals surface area (Å²) in [6.07, 6.45) is 3.01. The Kier molecular flexibility index (Phi) is 4.09. The van der Waals surface area contributed by atoms with Crippen LogP contribution in [-0.2, 0) is 16.1 Å². The molecule has 5 nitrogen and oxygen atoms in total. The van der Waals surface area contributed by atoms with Crippen molar-refractivity contribution in [2.24, 2.45) is 0 Å². The van der Waals surface area contributed by atoms with E-state index in [0.29, 0.717) is 6.54 Å². The van der Waals surface area contributed by atoms with Crippen molar-refractivity contribution in [2.75, 3.05) is 13.2 Å². The zero-order valence-electron chi connectivity index (χ0n) is 9.89. The van der Waals surface area contributed by atoms with Gasteiger partial charge in [-0.25, -0.2) is 4.39 Å². The van der Waals surface area contributed by atoms with Gasteiger partial charge in [-0.05, 0) is 18.9 Å². The third kappa shape index (κ3) is 3.40. The fourth-order valence-corrected chi connectivity index (χ4v) is 1.87. The van der Waals surface area contributed by atoms with E-state index in [0.717, 1.165) is 42.3 Å². The fourth-order valence-electron chi connectivity index (χ4n) is 1.87. The van der Waals surface area contributed by atoms with Gasteiger partial charge >= 0.3 is 0 Å². The van der Waals surface area contributed by atoms with Gasteiger partial charge in [-0.3, -0.25) is 9.59 Å². The van der Waals surface area contributed by atoms with Gasteiger partial charge in [0.1, 0.15) is 12.4 Å². The first kappa shape index (κ1) is 12.8. The van der Waals surface area contributed by atoms with Crippen molar-refractivity contribution < 1.29 is 13.9 Å². The number of ether oxygens (including phenoxy) is 1. The van der Waals surface area contributed by atoms with Gasteiger partial charge < -0.3 is 14.6 Å². The summed E-state index contributed by atoms with van der Waals surface area (Å²) in [5.74, 6) is -0.861. The zero-order valence-corrected chi connectivity index (χ0v) is 9.89. The Morgan fingerprint density at radius 3 is 3.11 bits per heavy atom. The highest BCUT2D eigenvalue weighted by Crippen LogP contribution is 2.10. The number of nitrogens with one attached hydrogen (secondary N) is 1. The Labute approximate surface area is 104 Å². The van der Waals surface area contributed by atoms with Gasteiger partial charge in [-0.15, -0.1) is 0 Å². The molecule has 98 valence electrons. The lowest BCUT2D eigenvalue weighted by Crippen LogP contribution is -2.36. The molecule has 0 spiro atoms. The standard InChI is InChI=1S/C12H15FN2O3/c13-9-3-4-12(17)15(7-9)8-11(16)14-6-10-2-1-5-18-10/h3-4,7,10H,1-2,5-6,8H2,(H,14,16). The molecule has 1 fully saturated rings. The first-order valence-electron chi connectivity index (χ1n) is 5.89. The lowest BCUT2D eigenvalue weighted by atomic mass is 10.2. The summed E-state index contributed by atoms with van der Waals surface area (Å²) in [4.78, 5) is 22.9. The molecule has 0 aliphatic carbocycles. The molecule has 1 aromatic rings. The maximum Gasteiger partial charge on any atom is 0.251 e. The van der Waals surface area contributed by atoms with E-state index in [9.17, 15) is 14.0 Å². The average Bonchev–Trinajstić information content (AvgIpc) is 2.84.